The van der Waals surface area contributed by atoms with Crippen LogP contribution in [0.2, 0.25) is 0 Å². The number of hydrogen-bond donors (Lipinski definition) is 1. The summed E-state index contributed by atoms with van der Waals surface area (Å²) in [4.78, 5) is 8.97. The van der Waals surface area contributed by atoms with Crippen molar-refractivity contribution < 1.29 is 4.74 Å². The van der Waals surface area contributed by atoms with Gasteiger partial charge in [0.2, 0.25) is 0 Å². The smallest absolute Gasteiger partial charge is 0.129 e. The van der Waals surface area contributed by atoms with E-state index in [1.807, 2.05) is 10.9 Å². The number of nitrogens with zero attached hydrogens (tertiary/aromatic N) is 4. The molecule has 2 heterocycles. The van der Waals surface area contributed by atoms with Crippen LogP contribution >= 0.6 is 0 Å². The number of ether oxygens (including phenoxy) is 1. The molecule has 6 heteroatoms. The third-order valence-corrected chi connectivity index (χ3v) is 8.15. The van der Waals surface area contributed by atoms with Crippen LogP contribution < -0.4 is 10.1 Å². The summed E-state index contributed by atoms with van der Waals surface area (Å²) >= 11 is 0. The Morgan fingerprint density at radius 1 is 1.06 bits per heavy atom. The Balaban J connectivity index is 1.25. The van der Waals surface area contributed by atoms with Crippen LogP contribution in [0.1, 0.15) is 69.5 Å². The highest BCUT2D eigenvalue weighted by Gasteiger charge is 2.49. The Kier molecular flexibility index (Phi) is 5.63. The zero-order valence-electron chi connectivity index (χ0n) is 20.3. The van der Waals surface area contributed by atoms with Gasteiger partial charge in [0.05, 0.1) is 19.0 Å². The average molecular weight is 446 g/mol. The van der Waals surface area contributed by atoms with Crippen molar-refractivity contribution in [1.82, 2.24) is 19.7 Å². The molecule has 33 heavy (non-hydrogen) atoms. The maximum atomic E-state index is 5.48. The van der Waals surface area contributed by atoms with Gasteiger partial charge in [-0.3, -0.25) is 4.68 Å². The summed E-state index contributed by atoms with van der Waals surface area (Å²) in [5.41, 5.74) is 5.41. The fraction of sp³-hybridized carbons (Fsp3) is 0.519. The maximum absolute atomic E-state index is 5.48. The van der Waals surface area contributed by atoms with Gasteiger partial charge in [-0.1, -0.05) is 12.1 Å². The first-order valence-electron chi connectivity index (χ1n) is 12.2. The number of aromatic nitrogens is 4. The Morgan fingerprint density at radius 2 is 1.82 bits per heavy atom. The molecule has 2 aromatic heterocycles. The van der Waals surface area contributed by atoms with Crippen LogP contribution in [-0.4, -0.2) is 33.4 Å². The largest absolute Gasteiger partial charge is 0.496 e. The number of benzene rings is 1. The molecule has 2 bridgehead atoms. The number of nitrogens with one attached hydrogen (secondary N) is 1. The molecule has 6 rings (SSSR count). The lowest BCUT2D eigenvalue weighted by atomic mass is 9.52. The molecule has 3 aromatic rings. The second kappa shape index (κ2) is 8.47. The number of hydrogen-bond acceptors (Lipinski definition) is 5. The Morgan fingerprint density at radius 3 is 2.45 bits per heavy atom. The third-order valence-electron chi connectivity index (χ3n) is 8.15. The zero-order chi connectivity index (χ0) is 23.1. The normalized spacial score (nSPS) is 24.3. The molecule has 1 N–H and O–H groups in total. The van der Waals surface area contributed by atoms with Gasteiger partial charge in [-0.05, 0) is 87.3 Å². The number of methoxy groups -OCH3 is 1. The second-order valence-electron chi connectivity index (χ2n) is 10.4. The van der Waals surface area contributed by atoms with Crippen LogP contribution in [-0.2, 0) is 5.41 Å². The first-order valence-corrected chi connectivity index (χ1v) is 12.2. The summed E-state index contributed by atoms with van der Waals surface area (Å²) in [5.74, 6) is 1.89. The SMILES string of the molecule is COc1ccc(C23CCC(CNc4cc(-c5cnn(C(C)C)c5)ncn4)(CC2)CC3)cc1C. The molecule has 0 amide bonds. The summed E-state index contributed by atoms with van der Waals surface area (Å²) in [6, 6.07) is 9.19. The minimum Gasteiger partial charge on any atom is -0.496 e. The quantitative estimate of drug-likeness (QED) is 0.487. The number of rotatable bonds is 7. The third kappa shape index (κ3) is 4.11. The van der Waals surface area contributed by atoms with E-state index in [1.165, 1.54) is 49.7 Å². The highest BCUT2D eigenvalue weighted by molar-refractivity contribution is 5.60. The Hall–Kier alpha value is -2.89. The first kappa shape index (κ1) is 21.9. The van der Waals surface area contributed by atoms with Crippen molar-refractivity contribution in [3.63, 3.8) is 0 Å². The molecule has 0 atom stereocenters. The molecular formula is C27H35N5O. The van der Waals surface area contributed by atoms with Crippen LogP contribution in [0, 0.1) is 12.3 Å². The molecule has 3 fully saturated rings. The topological polar surface area (TPSA) is 64.9 Å². The zero-order valence-corrected chi connectivity index (χ0v) is 20.3. The van der Waals surface area contributed by atoms with E-state index in [-0.39, 0.29) is 0 Å². The minimum absolute atomic E-state index is 0.337. The maximum Gasteiger partial charge on any atom is 0.129 e. The lowest BCUT2D eigenvalue weighted by molar-refractivity contribution is 0.0505. The predicted octanol–water partition coefficient (Wildman–Crippen LogP) is 5.94. The van der Waals surface area contributed by atoms with Crippen molar-refractivity contribution in [3.05, 3.63) is 54.1 Å². The molecule has 3 saturated carbocycles. The number of anilines is 1. The van der Waals surface area contributed by atoms with Gasteiger partial charge in [0, 0.05) is 30.4 Å². The average Bonchev–Trinajstić information content (AvgIpc) is 3.35. The highest BCUT2D eigenvalue weighted by atomic mass is 16.5. The van der Waals surface area contributed by atoms with Crippen molar-refractivity contribution >= 4 is 5.82 Å². The van der Waals surface area contributed by atoms with Gasteiger partial charge < -0.3 is 10.1 Å². The van der Waals surface area contributed by atoms with E-state index in [2.05, 4.69) is 71.6 Å². The lowest BCUT2D eigenvalue weighted by Crippen LogP contribution is -2.47. The van der Waals surface area contributed by atoms with Gasteiger partial charge >= 0.3 is 0 Å². The first-order chi connectivity index (χ1) is 15.9. The van der Waals surface area contributed by atoms with Crippen LogP contribution in [0.3, 0.4) is 0 Å². The van der Waals surface area contributed by atoms with E-state index < -0.39 is 0 Å². The summed E-state index contributed by atoms with van der Waals surface area (Å²) in [6.07, 6.45) is 13.2. The summed E-state index contributed by atoms with van der Waals surface area (Å²) in [6.45, 7) is 7.39. The molecule has 0 radical (unpaired) electrons. The summed E-state index contributed by atoms with van der Waals surface area (Å²) in [7, 11) is 1.75. The fourth-order valence-corrected chi connectivity index (χ4v) is 5.81. The van der Waals surface area contributed by atoms with E-state index in [0.29, 0.717) is 16.9 Å². The second-order valence-corrected chi connectivity index (χ2v) is 10.4. The summed E-state index contributed by atoms with van der Waals surface area (Å²) < 4.78 is 7.44. The van der Waals surface area contributed by atoms with Gasteiger partial charge in [0.15, 0.2) is 0 Å². The van der Waals surface area contributed by atoms with E-state index in [9.17, 15) is 0 Å². The van der Waals surface area contributed by atoms with Gasteiger partial charge in [0.1, 0.15) is 17.9 Å². The van der Waals surface area contributed by atoms with E-state index in [0.717, 1.165) is 29.4 Å². The van der Waals surface area contributed by atoms with E-state index in [1.54, 1.807) is 13.4 Å². The molecule has 0 spiro atoms. The molecule has 3 aliphatic rings. The number of fused-ring (bicyclic) bond motifs is 3. The molecule has 3 aliphatic carbocycles. The van der Waals surface area contributed by atoms with Gasteiger partial charge in [-0.15, -0.1) is 0 Å². The van der Waals surface area contributed by atoms with Crippen LogP contribution in [0.4, 0.5) is 5.82 Å². The van der Waals surface area contributed by atoms with Crippen molar-refractivity contribution in [1.29, 1.82) is 0 Å². The van der Waals surface area contributed by atoms with Crippen molar-refractivity contribution in [3.8, 4) is 17.0 Å². The summed E-state index contributed by atoms with van der Waals surface area (Å²) in [5, 5.41) is 8.10. The van der Waals surface area contributed by atoms with Crippen molar-refractivity contribution in [2.45, 2.75) is 70.8 Å². The minimum atomic E-state index is 0.337. The van der Waals surface area contributed by atoms with E-state index >= 15 is 0 Å². The van der Waals surface area contributed by atoms with Gasteiger partial charge in [-0.2, -0.15) is 5.10 Å². The molecule has 6 nitrogen and oxygen atoms in total. The van der Waals surface area contributed by atoms with Crippen LogP contribution in [0.15, 0.2) is 43.0 Å². The molecule has 0 unspecified atom stereocenters. The molecule has 1 aromatic carbocycles. The molecular weight excluding hydrogens is 410 g/mol. The van der Waals surface area contributed by atoms with Gasteiger partial charge in [0.25, 0.3) is 0 Å². The van der Waals surface area contributed by atoms with Crippen molar-refractivity contribution in [2.24, 2.45) is 5.41 Å². The standard InChI is InChI=1S/C27H35N5O/c1-19(2)32-16-21(15-31-32)23-14-25(30-18-29-23)28-17-26-7-10-27(11-8-26,12-9-26)22-5-6-24(33-4)20(3)13-22/h5-6,13-16,18-19H,7-12,17H2,1-4H3,(H,28,29,30). The van der Waals surface area contributed by atoms with Crippen LogP contribution in [0.25, 0.3) is 11.3 Å². The molecule has 0 saturated heterocycles. The van der Waals surface area contributed by atoms with Gasteiger partial charge in [-0.25, -0.2) is 9.97 Å². The van der Waals surface area contributed by atoms with E-state index in [4.69, 9.17) is 4.74 Å². The molecule has 0 aliphatic heterocycles. The lowest BCUT2D eigenvalue weighted by Gasteiger charge is -2.54. The van der Waals surface area contributed by atoms with Crippen LogP contribution in [0.5, 0.6) is 5.75 Å². The van der Waals surface area contributed by atoms with Crippen molar-refractivity contribution in [2.75, 3.05) is 19.0 Å². The Labute approximate surface area is 196 Å². The highest BCUT2D eigenvalue weighted by Crippen LogP contribution is 2.58. The Bertz CT molecular complexity index is 1110. The monoisotopic (exact) mass is 445 g/mol. The number of aryl methyl sites for hydroxylation is 1. The fourth-order valence-electron chi connectivity index (χ4n) is 5.81. The molecule has 174 valence electrons. The predicted molar refractivity (Wildman–Crippen MR) is 132 cm³/mol.